The number of nitrogens with zero attached hydrogens (tertiary/aromatic N) is 1. The van der Waals surface area contributed by atoms with Crippen molar-refractivity contribution in [3.63, 3.8) is 0 Å². The third kappa shape index (κ3) is 5.44. The van der Waals surface area contributed by atoms with Gasteiger partial charge in [-0.05, 0) is 37.3 Å². The molecule has 27 heavy (non-hydrogen) atoms. The highest BCUT2D eigenvalue weighted by molar-refractivity contribution is 5.87. The maximum atomic E-state index is 14.0. The van der Waals surface area contributed by atoms with Gasteiger partial charge in [-0.2, -0.15) is 0 Å². The lowest BCUT2D eigenvalue weighted by Gasteiger charge is -2.28. The van der Waals surface area contributed by atoms with E-state index in [9.17, 15) is 14.0 Å². The SMILES string of the molecule is CNC(=O)[C@@H](C)N(Cc1ccccc1F)C(=O)COc1ccc(OC)cc1. The fourth-order valence-corrected chi connectivity index (χ4v) is 2.50. The molecule has 0 saturated carbocycles. The standard InChI is InChI=1S/C20H23FN2O4/c1-14(20(25)22-2)23(12-15-6-4-5-7-18(15)21)19(24)13-27-17-10-8-16(26-3)9-11-17/h4-11,14H,12-13H2,1-3H3,(H,22,25)/t14-/m1/s1. The van der Waals surface area contributed by atoms with Crippen LogP contribution in [0.1, 0.15) is 12.5 Å². The van der Waals surface area contributed by atoms with E-state index >= 15 is 0 Å². The Balaban J connectivity index is 2.12. The number of carbonyl (C=O) groups is 2. The number of hydrogen-bond donors (Lipinski definition) is 1. The average Bonchev–Trinajstić information content (AvgIpc) is 2.70. The molecular formula is C20H23FN2O4. The maximum Gasteiger partial charge on any atom is 0.261 e. The molecule has 0 spiro atoms. The van der Waals surface area contributed by atoms with E-state index in [0.717, 1.165) is 0 Å². The van der Waals surface area contributed by atoms with Gasteiger partial charge in [0.15, 0.2) is 6.61 Å². The van der Waals surface area contributed by atoms with E-state index in [0.29, 0.717) is 17.1 Å². The largest absolute Gasteiger partial charge is 0.497 e. The highest BCUT2D eigenvalue weighted by atomic mass is 19.1. The number of amides is 2. The van der Waals surface area contributed by atoms with Gasteiger partial charge in [-0.25, -0.2) is 4.39 Å². The molecule has 0 aliphatic rings. The molecule has 0 aromatic heterocycles. The summed E-state index contributed by atoms with van der Waals surface area (Å²) in [5.74, 6) is -0.0459. The molecule has 144 valence electrons. The second-order valence-electron chi connectivity index (χ2n) is 5.87. The first-order valence-corrected chi connectivity index (χ1v) is 8.47. The van der Waals surface area contributed by atoms with Crippen molar-refractivity contribution in [1.82, 2.24) is 10.2 Å². The Morgan fingerprint density at radius 3 is 2.33 bits per heavy atom. The smallest absolute Gasteiger partial charge is 0.261 e. The summed E-state index contributed by atoms with van der Waals surface area (Å²) in [6.45, 7) is 1.28. The van der Waals surface area contributed by atoms with Gasteiger partial charge in [-0.3, -0.25) is 9.59 Å². The molecule has 0 bridgehead atoms. The topological polar surface area (TPSA) is 67.9 Å². The van der Waals surface area contributed by atoms with Gasteiger partial charge in [0.25, 0.3) is 5.91 Å². The van der Waals surface area contributed by atoms with Crippen molar-refractivity contribution in [2.75, 3.05) is 20.8 Å². The van der Waals surface area contributed by atoms with Gasteiger partial charge in [0.1, 0.15) is 23.4 Å². The quantitative estimate of drug-likeness (QED) is 0.770. The lowest BCUT2D eigenvalue weighted by atomic mass is 10.1. The number of nitrogens with one attached hydrogen (secondary N) is 1. The Morgan fingerprint density at radius 1 is 1.11 bits per heavy atom. The van der Waals surface area contributed by atoms with E-state index in [1.165, 1.54) is 18.0 Å². The zero-order chi connectivity index (χ0) is 19.8. The van der Waals surface area contributed by atoms with Crippen LogP contribution in [0, 0.1) is 5.82 Å². The molecule has 0 aliphatic heterocycles. The molecule has 0 aliphatic carbocycles. The number of carbonyl (C=O) groups excluding carboxylic acids is 2. The summed E-state index contributed by atoms with van der Waals surface area (Å²) in [4.78, 5) is 26.0. The second-order valence-corrected chi connectivity index (χ2v) is 5.87. The van der Waals surface area contributed by atoms with Crippen molar-refractivity contribution in [3.8, 4) is 11.5 Å². The van der Waals surface area contributed by atoms with Gasteiger partial charge in [0.2, 0.25) is 5.91 Å². The Morgan fingerprint density at radius 2 is 1.74 bits per heavy atom. The summed E-state index contributed by atoms with van der Waals surface area (Å²) in [5, 5.41) is 2.51. The summed E-state index contributed by atoms with van der Waals surface area (Å²) in [5.41, 5.74) is 0.325. The molecule has 0 fully saturated rings. The fraction of sp³-hybridized carbons (Fsp3) is 0.300. The van der Waals surface area contributed by atoms with Crippen LogP contribution >= 0.6 is 0 Å². The van der Waals surface area contributed by atoms with Crippen molar-refractivity contribution in [2.24, 2.45) is 0 Å². The van der Waals surface area contributed by atoms with Crippen molar-refractivity contribution < 1.29 is 23.5 Å². The molecule has 0 radical (unpaired) electrons. The van der Waals surface area contributed by atoms with Crippen LogP contribution in [0.5, 0.6) is 11.5 Å². The van der Waals surface area contributed by atoms with E-state index in [1.54, 1.807) is 56.5 Å². The summed E-state index contributed by atoms with van der Waals surface area (Å²) < 4.78 is 24.6. The summed E-state index contributed by atoms with van der Waals surface area (Å²) in [6, 6.07) is 12.1. The van der Waals surface area contributed by atoms with Gasteiger partial charge in [0.05, 0.1) is 7.11 Å². The van der Waals surface area contributed by atoms with Crippen LogP contribution < -0.4 is 14.8 Å². The minimum atomic E-state index is -0.776. The molecular weight excluding hydrogens is 351 g/mol. The Labute approximate surface area is 157 Å². The lowest BCUT2D eigenvalue weighted by Crippen LogP contribution is -2.48. The first kappa shape index (κ1) is 20.2. The highest BCUT2D eigenvalue weighted by Crippen LogP contribution is 2.18. The predicted molar refractivity (Wildman–Crippen MR) is 99.0 cm³/mol. The number of halogens is 1. The van der Waals surface area contributed by atoms with Crippen molar-refractivity contribution in [2.45, 2.75) is 19.5 Å². The number of hydrogen-bond acceptors (Lipinski definition) is 4. The summed E-state index contributed by atoms with van der Waals surface area (Å²) in [7, 11) is 3.04. The number of methoxy groups -OCH3 is 1. The third-order valence-corrected chi connectivity index (χ3v) is 4.13. The number of likely N-dealkylation sites (N-methyl/N-ethyl adjacent to an activating group) is 1. The van der Waals surface area contributed by atoms with E-state index in [4.69, 9.17) is 9.47 Å². The van der Waals surface area contributed by atoms with Crippen LogP contribution in [0.2, 0.25) is 0 Å². The number of rotatable bonds is 8. The molecule has 2 aromatic rings. The van der Waals surface area contributed by atoms with E-state index < -0.39 is 17.8 Å². The van der Waals surface area contributed by atoms with Crippen LogP contribution in [0.25, 0.3) is 0 Å². The highest BCUT2D eigenvalue weighted by Gasteiger charge is 2.26. The number of benzene rings is 2. The summed E-state index contributed by atoms with van der Waals surface area (Å²) in [6.07, 6.45) is 0. The molecule has 0 unspecified atom stereocenters. The third-order valence-electron chi connectivity index (χ3n) is 4.13. The Bertz CT molecular complexity index is 780. The molecule has 1 atom stereocenters. The monoisotopic (exact) mass is 374 g/mol. The van der Waals surface area contributed by atoms with Crippen molar-refractivity contribution in [3.05, 3.63) is 59.9 Å². The molecule has 1 N–H and O–H groups in total. The van der Waals surface area contributed by atoms with Gasteiger partial charge in [0, 0.05) is 19.2 Å². The van der Waals surface area contributed by atoms with Gasteiger partial charge in [-0.15, -0.1) is 0 Å². The van der Waals surface area contributed by atoms with Gasteiger partial charge < -0.3 is 19.7 Å². The normalized spacial score (nSPS) is 11.4. The second kappa shape index (κ2) is 9.56. The predicted octanol–water partition coefficient (Wildman–Crippen LogP) is 2.38. The number of ether oxygens (including phenoxy) is 2. The molecule has 6 nitrogen and oxygen atoms in total. The molecule has 2 rings (SSSR count). The Hall–Kier alpha value is -3.09. The first-order chi connectivity index (χ1) is 13.0. The van der Waals surface area contributed by atoms with Crippen LogP contribution in [-0.2, 0) is 16.1 Å². The lowest BCUT2D eigenvalue weighted by molar-refractivity contribution is -0.142. The molecule has 2 amide bonds. The zero-order valence-electron chi connectivity index (χ0n) is 15.6. The van der Waals surface area contributed by atoms with Crippen LogP contribution in [0.4, 0.5) is 4.39 Å². The molecule has 7 heteroatoms. The van der Waals surface area contributed by atoms with E-state index in [2.05, 4.69) is 5.32 Å². The van der Waals surface area contributed by atoms with Crippen LogP contribution in [0.15, 0.2) is 48.5 Å². The minimum absolute atomic E-state index is 0.0356. The maximum absolute atomic E-state index is 14.0. The van der Waals surface area contributed by atoms with Crippen LogP contribution in [0.3, 0.4) is 0 Å². The average molecular weight is 374 g/mol. The first-order valence-electron chi connectivity index (χ1n) is 8.47. The van der Waals surface area contributed by atoms with Crippen molar-refractivity contribution in [1.29, 1.82) is 0 Å². The molecule has 2 aromatic carbocycles. The van der Waals surface area contributed by atoms with Gasteiger partial charge >= 0.3 is 0 Å². The summed E-state index contributed by atoms with van der Waals surface area (Å²) >= 11 is 0. The molecule has 0 heterocycles. The molecule has 0 saturated heterocycles. The Kier molecular flexibility index (Phi) is 7.16. The van der Waals surface area contributed by atoms with Gasteiger partial charge in [-0.1, -0.05) is 18.2 Å². The van der Waals surface area contributed by atoms with Crippen molar-refractivity contribution >= 4 is 11.8 Å². The zero-order valence-corrected chi connectivity index (χ0v) is 15.6. The van der Waals surface area contributed by atoms with E-state index in [-0.39, 0.29) is 19.1 Å². The van der Waals surface area contributed by atoms with Crippen LogP contribution in [-0.4, -0.2) is 43.5 Å². The fourth-order valence-electron chi connectivity index (χ4n) is 2.50. The van der Waals surface area contributed by atoms with E-state index in [1.807, 2.05) is 0 Å². The minimum Gasteiger partial charge on any atom is -0.497 e.